The zero-order valence-corrected chi connectivity index (χ0v) is 7.25. The topological polar surface area (TPSA) is 0 Å². The average Bonchev–Trinajstić information content (AvgIpc) is 1.99. The van der Waals surface area contributed by atoms with Crippen molar-refractivity contribution in [2.75, 3.05) is 11.8 Å². The summed E-state index contributed by atoms with van der Waals surface area (Å²) in [6, 6.07) is 0. The van der Waals surface area contributed by atoms with Gasteiger partial charge in [0.2, 0.25) is 0 Å². The lowest BCUT2D eigenvalue weighted by atomic mass is 10.2. The largest absolute Gasteiger partial charge is 0.122 e. The Morgan fingerprint density at radius 3 is 1.50 bits per heavy atom. The first-order chi connectivity index (χ1) is 4.70. The molecule has 0 aromatic heterocycles. The zero-order chi connectivity index (χ0) is 7.98. The highest BCUT2D eigenvalue weighted by atomic mass is 35.5. The van der Waals surface area contributed by atoms with E-state index in [4.69, 9.17) is 23.2 Å². The highest BCUT2D eigenvalue weighted by Gasteiger charge is 1.84. The van der Waals surface area contributed by atoms with Crippen LogP contribution in [-0.4, -0.2) is 11.8 Å². The number of hydrogen-bond acceptors (Lipinski definition) is 0. The van der Waals surface area contributed by atoms with Crippen LogP contribution in [0.1, 0.15) is 0 Å². The third-order valence-corrected chi connectivity index (χ3v) is 1.58. The third-order valence-electron chi connectivity index (χ3n) is 0.898. The molecule has 0 spiro atoms. The first kappa shape index (κ1) is 9.80. The summed E-state index contributed by atoms with van der Waals surface area (Å²) in [6.45, 7) is 7.35. The summed E-state index contributed by atoms with van der Waals surface area (Å²) < 4.78 is 0. The van der Waals surface area contributed by atoms with E-state index >= 15 is 0 Å². The monoisotopic (exact) mass is 176 g/mol. The summed E-state index contributed by atoms with van der Waals surface area (Å²) in [5.74, 6) is 0.901. The zero-order valence-electron chi connectivity index (χ0n) is 5.74. The number of rotatable bonds is 4. The van der Waals surface area contributed by atoms with E-state index < -0.39 is 0 Å². The molecule has 0 unspecified atom stereocenters. The minimum atomic E-state index is 0.450. The van der Waals surface area contributed by atoms with Crippen LogP contribution in [0.2, 0.25) is 0 Å². The molecule has 0 N–H and O–H groups in total. The Morgan fingerprint density at radius 2 is 1.30 bits per heavy atom. The second-order valence-electron chi connectivity index (χ2n) is 1.92. The van der Waals surface area contributed by atoms with Crippen molar-refractivity contribution in [1.82, 2.24) is 0 Å². The van der Waals surface area contributed by atoms with Crippen LogP contribution in [0.15, 0.2) is 36.5 Å². The lowest BCUT2D eigenvalue weighted by Crippen LogP contribution is -1.78. The van der Waals surface area contributed by atoms with Gasteiger partial charge in [0.25, 0.3) is 0 Å². The molecule has 0 saturated carbocycles. The highest BCUT2D eigenvalue weighted by molar-refractivity contribution is 6.20. The first-order valence-electron chi connectivity index (χ1n) is 2.86. The minimum Gasteiger partial charge on any atom is -0.122 e. The van der Waals surface area contributed by atoms with Gasteiger partial charge in [-0.1, -0.05) is 25.3 Å². The molecule has 0 heterocycles. The van der Waals surface area contributed by atoms with Crippen molar-refractivity contribution in [2.24, 2.45) is 0 Å². The van der Waals surface area contributed by atoms with E-state index in [0.29, 0.717) is 11.8 Å². The Bertz CT molecular complexity index is 139. The van der Waals surface area contributed by atoms with Crippen molar-refractivity contribution in [3.8, 4) is 0 Å². The molecular formula is C8H10Cl2. The van der Waals surface area contributed by atoms with Gasteiger partial charge >= 0.3 is 0 Å². The number of alkyl halides is 2. The molecule has 0 nitrogen and oxygen atoms in total. The van der Waals surface area contributed by atoms with Gasteiger partial charge in [-0.15, -0.1) is 23.2 Å². The highest BCUT2D eigenvalue weighted by Crippen LogP contribution is 2.01. The van der Waals surface area contributed by atoms with Crippen LogP contribution in [0.4, 0.5) is 0 Å². The standard InChI is InChI=1S/C8H10Cl2/c1-7(5-9)3-4-8(2)6-10/h3-4H,1-2,5-6H2. The maximum Gasteiger partial charge on any atom is 0.0468 e. The molecule has 56 valence electrons. The summed E-state index contributed by atoms with van der Waals surface area (Å²) in [7, 11) is 0. The molecule has 0 aliphatic carbocycles. The summed E-state index contributed by atoms with van der Waals surface area (Å²) in [5, 5.41) is 0. The molecule has 2 heteroatoms. The fraction of sp³-hybridized carbons (Fsp3) is 0.250. The fourth-order valence-corrected chi connectivity index (χ4v) is 0.503. The lowest BCUT2D eigenvalue weighted by Gasteiger charge is -1.91. The summed E-state index contributed by atoms with van der Waals surface area (Å²) in [4.78, 5) is 0. The summed E-state index contributed by atoms with van der Waals surface area (Å²) in [6.07, 6.45) is 3.63. The second-order valence-corrected chi connectivity index (χ2v) is 2.45. The van der Waals surface area contributed by atoms with Gasteiger partial charge in [0.15, 0.2) is 0 Å². The van der Waals surface area contributed by atoms with Gasteiger partial charge in [-0.2, -0.15) is 0 Å². The minimum absolute atomic E-state index is 0.450. The van der Waals surface area contributed by atoms with Crippen molar-refractivity contribution in [1.29, 1.82) is 0 Å². The average molecular weight is 177 g/mol. The predicted octanol–water partition coefficient (Wildman–Crippen LogP) is 3.13. The van der Waals surface area contributed by atoms with Crippen LogP contribution < -0.4 is 0 Å². The SMILES string of the molecule is C=C(C=CC(=C)CCl)CCl. The first-order valence-corrected chi connectivity index (χ1v) is 3.93. The molecule has 0 atom stereocenters. The van der Waals surface area contributed by atoms with E-state index in [-0.39, 0.29) is 0 Å². The number of allylic oxidation sites excluding steroid dienone is 4. The summed E-state index contributed by atoms with van der Waals surface area (Å²) in [5.41, 5.74) is 1.74. The normalized spacial score (nSPS) is 10.2. The second kappa shape index (κ2) is 5.57. The van der Waals surface area contributed by atoms with Crippen LogP contribution in [0.25, 0.3) is 0 Å². The fourth-order valence-electron chi connectivity index (χ4n) is 0.325. The van der Waals surface area contributed by atoms with E-state index in [1.165, 1.54) is 0 Å². The molecule has 0 aliphatic rings. The number of hydrogen-bond donors (Lipinski definition) is 0. The van der Waals surface area contributed by atoms with Crippen LogP contribution >= 0.6 is 23.2 Å². The quantitative estimate of drug-likeness (QED) is 0.457. The number of halogens is 2. The Labute approximate surface area is 71.8 Å². The van der Waals surface area contributed by atoms with Gasteiger partial charge in [-0.25, -0.2) is 0 Å². The van der Waals surface area contributed by atoms with Gasteiger partial charge < -0.3 is 0 Å². The van der Waals surface area contributed by atoms with E-state index in [2.05, 4.69) is 13.2 Å². The van der Waals surface area contributed by atoms with Crippen molar-refractivity contribution in [3.63, 3.8) is 0 Å². The molecule has 0 aromatic carbocycles. The molecule has 0 bridgehead atoms. The van der Waals surface area contributed by atoms with E-state index in [1.54, 1.807) is 0 Å². The van der Waals surface area contributed by atoms with Crippen molar-refractivity contribution in [2.45, 2.75) is 0 Å². The Kier molecular flexibility index (Phi) is 5.46. The van der Waals surface area contributed by atoms with Gasteiger partial charge in [-0.05, 0) is 11.1 Å². The van der Waals surface area contributed by atoms with Crippen molar-refractivity contribution in [3.05, 3.63) is 36.5 Å². The molecule has 0 amide bonds. The van der Waals surface area contributed by atoms with Crippen molar-refractivity contribution >= 4 is 23.2 Å². The van der Waals surface area contributed by atoms with Crippen LogP contribution in [0.5, 0.6) is 0 Å². The molecule has 10 heavy (non-hydrogen) atoms. The maximum absolute atomic E-state index is 5.47. The predicted molar refractivity (Wildman–Crippen MR) is 48.9 cm³/mol. The Hall–Kier alpha value is -0.200. The van der Waals surface area contributed by atoms with E-state index in [9.17, 15) is 0 Å². The summed E-state index contributed by atoms with van der Waals surface area (Å²) >= 11 is 10.9. The van der Waals surface area contributed by atoms with E-state index in [0.717, 1.165) is 11.1 Å². The molecule has 0 saturated heterocycles. The van der Waals surface area contributed by atoms with Gasteiger partial charge in [-0.3, -0.25) is 0 Å². The lowest BCUT2D eigenvalue weighted by molar-refractivity contribution is 1.51. The van der Waals surface area contributed by atoms with Crippen molar-refractivity contribution < 1.29 is 0 Å². The van der Waals surface area contributed by atoms with Crippen LogP contribution in [-0.2, 0) is 0 Å². The molecule has 0 aromatic rings. The smallest absolute Gasteiger partial charge is 0.0468 e. The van der Waals surface area contributed by atoms with Gasteiger partial charge in [0, 0.05) is 11.8 Å². The van der Waals surface area contributed by atoms with Gasteiger partial charge in [0.1, 0.15) is 0 Å². The van der Waals surface area contributed by atoms with E-state index in [1.807, 2.05) is 12.2 Å². The van der Waals surface area contributed by atoms with Crippen LogP contribution in [0.3, 0.4) is 0 Å². The Balaban J connectivity index is 3.75. The van der Waals surface area contributed by atoms with Gasteiger partial charge in [0.05, 0.1) is 0 Å². The molecule has 0 aliphatic heterocycles. The molecular weight excluding hydrogens is 167 g/mol. The molecule has 0 rings (SSSR count). The Morgan fingerprint density at radius 1 is 1.00 bits per heavy atom. The maximum atomic E-state index is 5.47. The van der Waals surface area contributed by atoms with Crippen LogP contribution in [0, 0.1) is 0 Å². The third kappa shape index (κ3) is 4.66. The molecule has 0 radical (unpaired) electrons. The molecule has 0 fully saturated rings.